The number of Topliss-reactive ketones (excluding diaryl/α,β-unsaturated/α-hetero) is 1. The minimum atomic E-state index is 0.263. The molecule has 0 saturated heterocycles. The molecular weight excluding hydrogens is 172 g/mol. The third kappa shape index (κ3) is 2.37. The second kappa shape index (κ2) is 4.46. The van der Waals surface area contributed by atoms with Gasteiger partial charge in [0.25, 0.3) is 0 Å². The van der Waals surface area contributed by atoms with Crippen molar-refractivity contribution in [1.82, 2.24) is 0 Å². The van der Waals surface area contributed by atoms with Gasteiger partial charge in [-0.3, -0.25) is 4.79 Å². The zero-order chi connectivity index (χ0) is 10.8. The first-order valence-electron chi connectivity index (χ1n) is 6.02. The number of rotatable bonds is 4. The van der Waals surface area contributed by atoms with Gasteiger partial charge in [-0.1, -0.05) is 40.5 Å². The molecule has 14 heavy (non-hydrogen) atoms. The molecule has 0 amide bonds. The van der Waals surface area contributed by atoms with E-state index < -0.39 is 0 Å². The topological polar surface area (TPSA) is 17.1 Å². The lowest BCUT2D eigenvalue weighted by Gasteiger charge is -2.27. The van der Waals surface area contributed by atoms with Crippen LogP contribution in [0.1, 0.15) is 59.8 Å². The standard InChI is InChI=1S/C13H24O/c1-5-7-10(2)12(14)11-8-6-9-13(11,3)4/h10-11H,5-9H2,1-4H3. The zero-order valence-corrected chi connectivity index (χ0v) is 10.1. The van der Waals surface area contributed by atoms with Crippen molar-refractivity contribution in [3.8, 4) is 0 Å². The molecule has 1 nitrogen and oxygen atoms in total. The van der Waals surface area contributed by atoms with Crippen molar-refractivity contribution >= 4 is 5.78 Å². The van der Waals surface area contributed by atoms with Gasteiger partial charge in [-0.05, 0) is 24.7 Å². The van der Waals surface area contributed by atoms with Gasteiger partial charge in [0, 0.05) is 11.8 Å². The summed E-state index contributed by atoms with van der Waals surface area (Å²) in [5.74, 6) is 1.14. The number of ketones is 1. The summed E-state index contributed by atoms with van der Waals surface area (Å²) in [4.78, 5) is 12.2. The van der Waals surface area contributed by atoms with Gasteiger partial charge < -0.3 is 0 Å². The number of carbonyl (C=O) groups is 1. The summed E-state index contributed by atoms with van der Waals surface area (Å²) in [7, 11) is 0. The van der Waals surface area contributed by atoms with E-state index in [9.17, 15) is 4.79 Å². The predicted octanol–water partition coefficient (Wildman–Crippen LogP) is 3.82. The third-order valence-corrected chi connectivity index (χ3v) is 3.81. The van der Waals surface area contributed by atoms with Crippen LogP contribution in [0.4, 0.5) is 0 Å². The Morgan fingerprint density at radius 1 is 1.50 bits per heavy atom. The molecule has 2 atom stereocenters. The minimum absolute atomic E-state index is 0.263. The van der Waals surface area contributed by atoms with Crippen molar-refractivity contribution in [3.63, 3.8) is 0 Å². The Morgan fingerprint density at radius 2 is 2.14 bits per heavy atom. The highest BCUT2D eigenvalue weighted by Crippen LogP contribution is 2.44. The van der Waals surface area contributed by atoms with Gasteiger partial charge in [0.15, 0.2) is 0 Å². The maximum absolute atomic E-state index is 12.2. The molecular formula is C13H24O. The highest BCUT2D eigenvalue weighted by atomic mass is 16.1. The van der Waals surface area contributed by atoms with Crippen LogP contribution in [0.3, 0.4) is 0 Å². The number of hydrogen-bond acceptors (Lipinski definition) is 1. The van der Waals surface area contributed by atoms with E-state index in [1.54, 1.807) is 0 Å². The van der Waals surface area contributed by atoms with Crippen LogP contribution in [0.15, 0.2) is 0 Å². The average molecular weight is 196 g/mol. The highest BCUT2D eigenvalue weighted by molar-refractivity contribution is 5.84. The normalized spacial score (nSPS) is 27.6. The number of hydrogen-bond donors (Lipinski definition) is 0. The Balaban J connectivity index is 2.60. The first-order valence-corrected chi connectivity index (χ1v) is 6.02. The van der Waals surface area contributed by atoms with E-state index in [0.29, 0.717) is 11.7 Å². The molecule has 0 radical (unpaired) electrons. The first kappa shape index (κ1) is 11.7. The van der Waals surface area contributed by atoms with Gasteiger partial charge in [0.05, 0.1) is 0 Å². The quantitative estimate of drug-likeness (QED) is 0.668. The van der Waals surface area contributed by atoms with Gasteiger partial charge in [-0.25, -0.2) is 0 Å². The molecule has 0 aromatic rings. The van der Waals surface area contributed by atoms with E-state index in [2.05, 4.69) is 27.7 Å². The summed E-state index contributed by atoms with van der Waals surface area (Å²) in [6, 6.07) is 0. The van der Waals surface area contributed by atoms with Crippen LogP contribution in [0, 0.1) is 17.3 Å². The van der Waals surface area contributed by atoms with Gasteiger partial charge in [0.2, 0.25) is 0 Å². The van der Waals surface area contributed by atoms with Crippen molar-refractivity contribution in [2.24, 2.45) is 17.3 Å². The monoisotopic (exact) mass is 196 g/mol. The molecule has 1 saturated carbocycles. The molecule has 0 aromatic carbocycles. The zero-order valence-electron chi connectivity index (χ0n) is 10.1. The summed E-state index contributed by atoms with van der Waals surface area (Å²) >= 11 is 0. The lowest BCUT2D eigenvalue weighted by atomic mass is 9.76. The van der Waals surface area contributed by atoms with E-state index >= 15 is 0 Å². The molecule has 1 aliphatic carbocycles. The molecule has 82 valence electrons. The molecule has 0 heterocycles. The van der Waals surface area contributed by atoms with Crippen molar-refractivity contribution in [2.45, 2.75) is 59.8 Å². The Kier molecular flexibility index (Phi) is 3.74. The van der Waals surface area contributed by atoms with Crippen LogP contribution in [-0.2, 0) is 4.79 Å². The van der Waals surface area contributed by atoms with E-state index in [4.69, 9.17) is 0 Å². The van der Waals surface area contributed by atoms with Crippen LogP contribution < -0.4 is 0 Å². The summed E-state index contributed by atoms with van der Waals surface area (Å²) in [6.45, 7) is 8.76. The molecule has 0 N–H and O–H groups in total. The van der Waals surface area contributed by atoms with E-state index in [-0.39, 0.29) is 11.3 Å². The molecule has 2 unspecified atom stereocenters. The Labute approximate surface area is 88.3 Å². The van der Waals surface area contributed by atoms with E-state index in [0.717, 1.165) is 19.3 Å². The van der Waals surface area contributed by atoms with Crippen LogP contribution >= 0.6 is 0 Å². The lowest BCUT2D eigenvalue weighted by molar-refractivity contribution is -0.129. The molecule has 1 heteroatoms. The smallest absolute Gasteiger partial charge is 0.139 e. The van der Waals surface area contributed by atoms with Gasteiger partial charge in [0.1, 0.15) is 5.78 Å². The van der Waals surface area contributed by atoms with Gasteiger partial charge in [-0.2, -0.15) is 0 Å². The molecule has 1 rings (SSSR count). The van der Waals surface area contributed by atoms with Crippen LogP contribution in [-0.4, -0.2) is 5.78 Å². The largest absolute Gasteiger partial charge is 0.299 e. The van der Waals surface area contributed by atoms with Crippen LogP contribution in [0.5, 0.6) is 0 Å². The predicted molar refractivity (Wildman–Crippen MR) is 60.2 cm³/mol. The molecule has 0 aliphatic heterocycles. The summed E-state index contributed by atoms with van der Waals surface area (Å²) in [5.41, 5.74) is 0.263. The van der Waals surface area contributed by atoms with Crippen molar-refractivity contribution in [3.05, 3.63) is 0 Å². The minimum Gasteiger partial charge on any atom is -0.299 e. The summed E-state index contributed by atoms with van der Waals surface area (Å²) in [6.07, 6.45) is 5.77. The lowest BCUT2D eigenvalue weighted by Crippen LogP contribution is -2.29. The molecule has 0 bridgehead atoms. The second-order valence-corrected chi connectivity index (χ2v) is 5.53. The van der Waals surface area contributed by atoms with Crippen LogP contribution in [0.25, 0.3) is 0 Å². The Morgan fingerprint density at radius 3 is 2.57 bits per heavy atom. The maximum Gasteiger partial charge on any atom is 0.139 e. The second-order valence-electron chi connectivity index (χ2n) is 5.53. The number of carbonyl (C=O) groups excluding carboxylic acids is 1. The maximum atomic E-state index is 12.2. The Hall–Kier alpha value is -0.330. The average Bonchev–Trinajstić information content (AvgIpc) is 2.44. The first-order chi connectivity index (χ1) is 6.49. The van der Waals surface area contributed by atoms with E-state index in [1.165, 1.54) is 12.8 Å². The van der Waals surface area contributed by atoms with Crippen molar-refractivity contribution < 1.29 is 4.79 Å². The summed E-state index contributed by atoms with van der Waals surface area (Å²) in [5, 5.41) is 0. The molecule has 0 spiro atoms. The van der Waals surface area contributed by atoms with Crippen molar-refractivity contribution in [2.75, 3.05) is 0 Å². The Bertz CT molecular complexity index is 205. The fourth-order valence-electron chi connectivity index (χ4n) is 2.77. The van der Waals surface area contributed by atoms with Crippen LogP contribution in [0.2, 0.25) is 0 Å². The molecule has 1 aliphatic rings. The van der Waals surface area contributed by atoms with Gasteiger partial charge in [-0.15, -0.1) is 0 Å². The fraction of sp³-hybridized carbons (Fsp3) is 0.923. The SMILES string of the molecule is CCCC(C)C(=O)C1CCCC1(C)C. The van der Waals surface area contributed by atoms with E-state index in [1.807, 2.05) is 0 Å². The molecule has 0 aromatic heterocycles. The third-order valence-electron chi connectivity index (χ3n) is 3.81. The van der Waals surface area contributed by atoms with Gasteiger partial charge >= 0.3 is 0 Å². The fourth-order valence-corrected chi connectivity index (χ4v) is 2.77. The highest BCUT2D eigenvalue weighted by Gasteiger charge is 2.40. The van der Waals surface area contributed by atoms with Crippen molar-refractivity contribution in [1.29, 1.82) is 0 Å². The summed E-state index contributed by atoms with van der Waals surface area (Å²) < 4.78 is 0. The molecule has 1 fully saturated rings.